The van der Waals surface area contributed by atoms with Crippen LogP contribution in [0.5, 0.6) is 0 Å². The molecule has 2 fully saturated rings. The zero-order valence-corrected chi connectivity index (χ0v) is 11.8. The Kier molecular flexibility index (Phi) is 4.03. The van der Waals surface area contributed by atoms with Gasteiger partial charge in [-0.2, -0.15) is 0 Å². The van der Waals surface area contributed by atoms with Gasteiger partial charge in [0.2, 0.25) is 5.91 Å². The highest BCUT2D eigenvalue weighted by atomic mass is 32.2. The van der Waals surface area contributed by atoms with Gasteiger partial charge in [0.1, 0.15) is 0 Å². The van der Waals surface area contributed by atoms with Crippen LogP contribution < -0.4 is 5.73 Å². The second-order valence-electron chi connectivity index (χ2n) is 5.70. The summed E-state index contributed by atoms with van der Waals surface area (Å²) in [6.45, 7) is 5.97. The zero-order chi connectivity index (χ0) is 12.5. The largest absolute Gasteiger partial charge is 0.341 e. The molecule has 0 aliphatic carbocycles. The molecule has 2 heterocycles. The van der Waals surface area contributed by atoms with Crippen molar-refractivity contribution in [1.29, 1.82) is 0 Å². The summed E-state index contributed by atoms with van der Waals surface area (Å²) in [6.07, 6.45) is 4.50. The van der Waals surface area contributed by atoms with Gasteiger partial charge >= 0.3 is 0 Å². The predicted octanol–water partition coefficient (Wildman–Crippen LogP) is 1.86. The first-order valence-electron chi connectivity index (χ1n) is 6.72. The van der Waals surface area contributed by atoms with E-state index in [0.717, 1.165) is 31.7 Å². The maximum Gasteiger partial charge on any atom is 0.238 e. The van der Waals surface area contributed by atoms with Crippen LogP contribution >= 0.6 is 11.8 Å². The van der Waals surface area contributed by atoms with Crippen molar-refractivity contribution in [2.75, 3.05) is 18.8 Å². The van der Waals surface area contributed by atoms with E-state index in [1.54, 1.807) is 0 Å². The lowest BCUT2D eigenvalue weighted by molar-refractivity contribution is -0.135. The number of piperidine rings is 1. The number of nitrogens with zero attached hydrogens (tertiary/aromatic N) is 1. The lowest BCUT2D eigenvalue weighted by atomic mass is 9.91. The van der Waals surface area contributed by atoms with Gasteiger partial charge in [-0.15, -0.1) is 11.8 Å². The number of hydrogen-bond donors (Lipinski definition) is 1. The molecule has 3 nitrogen and oxygen atoms in total. The van der Waals surface area contributed by atoms with Gasteiger partial charge < -0.3 is 10.6 Å². The molecule has 2 saturated heterocycles. The highest BCUT2D eigenvalue weighted by Gasteiger charge is 2.41. The molecule has 0 aromatic carbocycles. The van der Waals surface area contributed by atoms with Crippen LogP contribution in [-0.4, -0.2) is 40.4 Å². The van der Waals surface area contributed by atoms with Gasteiger partial charge in [0, 0.05) is 19.1 Å². The quantitative estimate of drug-likeness (QED) is 0.820. The fourth-order valence-corrected chi connectivity index (χ4v) is 4.19. The Hall–Kier alpha value is -0.220. The van der Waals surface area contributed by atoms with E-state index < -0.39 is 0 Å². The number of amides is 1. The molecular weight excluding hydrogens is 232 g/mol. The molecule has 3 unspecified atom stereocenters. The summed E-state index contributed by atoms with van der Waals surface area (Å²) in [5.41, 5.74) is 5.97. The van der Waals surface area contributed by atoms with E-state index in [-0.39, 0.29) is 10.8 Å². The lowest BCUT2D eigenvalue weighted by Crippen LogP contribution is -2.50. The van der Waals surface area contributed by atoms with Crippen LogP contribution in [0.25, 0.3) is 0 Å². The minimum Gasteiger partial charge on any atom is -0.341 e. The van der Waals surface area contributed by atoms with E-state index >= 15 is 0 Å². The van der Waals surface area contributed by atoms with Crippen LogP contribution in [-0.2, 0) is 4.79 Å². The summed E-state index contributed by atoms with van der Waals surface area (Å²) < 4.78 is -0.153. The third kappa shape index (κ3) is 2.79. The van der Waals surface area contributed by atoms with Crippen LogP contribution in [0.4, 0.5) is 0 Å². The van der Waals surface area contributed by atoms with Gasteiger partial charge in [0.25, 0.3) is 0 Å². The summed E-state index contributed by atoms with van der Waals surface area (Å²) in [5.74, 6) is 1.97. The maximum atomic E-state index is 12.6. The number of likely N-dealkylation sites (tertiary alicyclic amines) is 1. The van der Waals surface area contributed by atoms with Crippen molar-refractivity contribution in [1.82, 2.24) is 4.90 Å². The molecule has 1 amide bonds. The molecule has 2 aliphatic rings. The molecule has 98 valence electrons. The second kappa shape index (κ2) is 5.19. The van der Waals surface area contributed by atoms with Gasteiger partial charge in [0.15, 0.2) is 0 Å². The van der Waals surface area contributed by atoms with Crippen molar-refractivity contribution in [2.24, 2.45) is 11.7 Å². The number of nitrogens with two attached hydrogens (primary N) is 1. The molecule has 0 saturated carbocycles. The SMILES string of the molecule is CC(N)C1CCCN(C(=O)C2(C)CCCS2)C1. The minimum atomic E-state index is -0.153. The van der Waals surface area contributed by atoms with Crippen molar-refractivity contribution in [3.8, 4) is 0 Å². The maximum absolute atomic E-state index is 12.6. The molecule has 2 rings (SSSR count). The molecule has 0 radical (unpaired) electrons. The highest BCUT2D eigenvalue weighted by Crippen LogP contribution is 2.39. The molecule has 17 heavy (non-hydrogen) atoms. The Bertz CT molecular complexity index is 287. The second-order valence-corrected chi connectivity index (χ2v) is 7.29. The highest BCUT2D eigenvalue weighted by molar-refractivity contribution is 8.01. The fourth-order valence-electron chi connectivity index (χ4n) is 2.91. The topological polar surface area (TPSA) is 46.3 Å². The normalized spacial score (nSPS) is 35.9. The standard InChI is InChI=1S/C13H24N2OS/c1-10(14)11-5-3-7-15(9-11)12(16)13(2)6-4-8-17-13/h10-11H,3-9,14H2,1-2H3. The van der Waals surface area contributed by atoms with E-state index in [4.69, 9.17) is 5.73 Å². The van der Waals surface area contributed by atoms with E-state index in [2.05, 4.69) is 18.7 Å². The summed E-state index contributed by atoms with van der Waals surface area (Å²) in [4.78, 5) is 14.6. The fraction of sp³-hybridized carbons (Fsp3) is 0.923. The van der Waals surface area contributed by atoms with Crippen molar-refractivity contribution in [2.45, 2.75) is 50.3 Å². The number of carbonyl (C=O) groups excluding carboxylic acids is 1. The summed E-state index contributed by atoms with van der Waals surface area (Å²) >= 11 is 1.83. The molecule has 3 atom stereocenters. The average molecular weight is 256 g/mol. The first kappa shape index (κ1) is 13.2. The van der Waals surface area contributed by atoms with Gasteiger partial charge in [-0.1, -0.05) is 0 Å². The average Bonchev–Trinajstić information content (AvgIpc) is 2.76. The molecule has 4 heteroatoms. The van der Waals surface area contributed by atoms with Crippen LogP contribution in [0, 0.1) is 5.92 Å². The third-order valence-electron chi connectivity index (χ3n) is 4.16. The smallest absolute Gasteiger partial charge is 0.238 e. The summed E-state index contributed by atoms with van der Waals surface area (Å²) in [7, 11) is 0. The molecule has 2 aliphatic heterocycles. The third-order valence-corrected chi connectivity index (χ3v) is 5.67. The Morgan fingerprint density at radius 2 is 2.29 bits per heavy atom. The Labute approximate surface area is 108 Å². The lowest BCUT2D eigenvalue weighted by Gasteiger charge is -2.38. The number of rotatable bonds is 2. The summed E-state index contributed by atoms with van der Waals surface area (Å²) in [5, 5.41) is 0. The first-order chi connectivity index (χ1) is 8.03. The zero-order valence-electron chi connectivity index (χ0n) is 10.9. The van der Waals surface area contributed by atoms with E-state index in [9.17, 15) is 4.79 Å². The molecular formula is C13H24N2OS. The Morgan fingerprint density at radius 3 is 2.88 bits per heavy atom. The van der Waals surface area contributed by atoms with Crippen molar-refractivity contribution in [3.63, 3.8) is 0 Å². The Morgan fingerprint density at radius 1 is 1.53 bits per heavy atom. The number of thioether (sulfide) groups is 1. The molecule has 0 aromatic heterocycles. The van der Waals surface area contributed by atoms with E-state index in [1.807, 2.05) is 11.8 Å². The van der Waals surface area contributed by atoms with Gasteiger partial charge in [-0.3, -0.25) is 4.79 Å². The number of carbonyl (C=O) groups is 1. The molecule has 0 aromatic rings. The molecule has 0 bridgehead atoms. The first-order valence-corrected chi connectivity index (χ1v) is 7.70. The van der Waals surface area contributed by atoms with Gasteiger partial charge in [0.05, 0.1) is 4.75 Å². The van der Waals surface area contributed by atoms with Crippen LogP contribution in [0.15, 0.2) is 0 Å². The van der Waals surface area contributed by atoms with Crippen molar-refractivity contribution < 1.29 is 4.79 Å². The van der Waals surface area contributed by atoms with Crippen LogP contribution in [0.2, 0.25) is 0 Å². The summed E-state index contributed by atoms with van der Waals surface area (Å²) in [6, 6.07) is 0.203. The van der Waals surface area contributed by atoms with Gasteiger partial charge in [-0.05, 0) is 51.2 Å². The van der Waals surface area contributed by atoms with E-state index in [1.165, 1.54) is 12.8 Å². The molecule has 2 N–H and O–H groups in total. The Balaban J connectivity index is 1.99. The van der Waals surface area contributed by atoms with Crippen LogP contribution in [0.3, 0.4) is 0 Å². The van der Waals surface area contributed by atoms with Gasteiger partial charge in [-0.25, -0.2) is 0 Å². The number of hydrogen-bond acceptors (Lipinski definition) is 3. The van der Waals surface area contributed by atoms with Crippen LogP contribution in [0.1, 0.15) is 39.5 Å². The van der Waals surface area contributed by atoms with E-state index in [0.29, 0.717) is 11.8 Å². The van der Waals surface area contributed by atoms with Crippen molar-refractivity contribution >= 4 is 17.7 Å². The monoisotopic (exact) mass is 256 g/mol. The van der Waals surface area contributed by atoms with Crippen molar-refractivity contribution in [3.05, 3.63) is 0 Å². The molecule has 0 spiro atoms. The predicted molar refractivity (Wildman–Crippen MR) is 73.1 cm³/mol. The minimum absolute atomic E-state index is 0.153.